The van der Waals surface area contributed by atoms with Gasteiger partial charge in [0.25, 0.3) is 10.0 Å². The van der Waals surface area contributed by atoms with Crippen molar-refractivity contribution in [2.45, 2.75) is 11.3 Å². The van der Waals surface area contributed by atoms with Crippen molar-refractivity contribution in [2.24, 2.45) is 0 Å². The molecule has 3 rings (SSSR count). The van der Waals surface area contributed by atoms with E-state index in [1.807, 2.05) is 0 Å². The van der Waals surface area contributed by atoms with Crippen molar-refractivity contribution >= 4 is 64.2 Å². The molecule has 13 heteroatoms. The second-order valence-corrected chi connectivity index (χ2v) is 9.04. The van der Waals surface area contributed by atoms with E-state index >= 15 is 0 Å². The molecule has 27 heavy (non-hydrogen) atoms. The number of aromatic hydroxyl groups is 1. The van der Waals surface area contributed by atoms with Gasteiger partial charge in [-0.2, -0.15) is 0 Å². The SMILES string of the molecule is O=S(=O)(Nc1nc2ccc(OC(F)(F)F)cc2s1)c1cc(Br)cc(Cl)c1O. The molecule has 0 spiro atoms. The smallest absolute Gasteiger partial charge is 0.505 e. The summed E-state index contributed by atoms with van der Waals surface area (Å²) in [5.41, 5.74) is 0.267. The predicted molar refractivity (Wildman–Crippen MR) is 97.9 cm³/mol. The fourth-order valence-corrected chi connectivity index (χ4v) is 5.35. The zero-order valence-electron chi connectivity index (χ0n) is 12.7. The first-order chi connectivity index (χ1) is 12.4. The van der Waals surface area contributed by atoms with Gasteiger partial charge in [0.1, 0.15) is 10.6 Å². The number of phenols is 1. The van der Waals surface area contributed by atoms with Gasteiger partial charge in [-0.1, -0.05) is 38.9 Å². The fourth-order valence-electron chi connectivity index (χ4n) is 2.06. The van der Waals surface area contributed by atoms with Crippen LogP contribution in [-0.4, -0.2) is 24.9 Å². The van der Waals surface area contributed by atoms with E-state index in [0.29, 0.717) is 4.47 Å². The van der Waals surface area contributed by atoms with Crippen LogP contribution in [0.2, 0.25) is 5.02 Å². The number of hydrogen-bond acceptors (Lipinski definition) is 6. The van der Waals surface area contributed by atoms with Crippen molar-refractivity contribution in [1.29, 1.82) is 0 Å². The zero-order valence-corrected chi connectivity index (χ0v) is 16.7. The maximum atomic E-state index is 12.5. The molecule has 0 aliphatic rings. The lowest BCUT2D eigenvalue weighted by atomic mass is 10.3. The third-order valence-electron chi connectivity index (χ3n) is 3.10. The largest absolute Gasteiger partial charge is 0.573 e. The Kier molecular flexibility index (Phi) is 5.18. The first kappa shape index (κ1) is 20.0. The number of sulfonamides is 1. The molecule has 0 aliphatic carbocycles. The van der Waals surface area contributed by atoms with Crippen molar-refractivity contribution < 1.29 is 31.4 Å². The Labute approximate surface area is 167 Å². The molecule has 0 saturated heterocycles. The number of anilines is 1. The second kappa shape index (κ2) is 7.00. The third-order valence-corrected chi connectivity index (χ3v) is 6.26. The van der Waals surface area contributed by atoms with Gasteiger partial charge < -0.3 is 9.84 Å². The molecular formula is C14H7BrClF3N2O4S2. The molecule has 1 aromatic heterocycles. The highest BCUT2D eigenvalue weighted by atomic mass is 79.9. The second-order valence-electron chi connectivity index (χ2n) is 5.04. The lowest BCUT2D eigenvalue weighted by molar-refractivity contribution is -0.274. The summed E-state index contributed by atoms with van der Waals surface area (Å²) in [4.78, 5) is 3.52. The number of nitrogens with one attached hydrogen (secondary N) is 1. The number of thiazole rings is 1. The Morgan fingerprint density at radius 3 is 2.63 bits per heavy atom. The molecule has 6 nitrogen and oxygen atoms in total. The highest BCUT2D eigenvalue weighted by Crippen LogP contribution is 2.37. The van der Waals surface area contributed by atoms with Crippen LogP contribution in [0.1, 0.15) is 0 Å². The van der Waals surface area contributed by atoms with E-state index in [0.717, 1.165) is 29.5 Å². The first-order valence-corrected chi connectivity index (χ1v) is 10.3. The minimum Gasteiger partial charge on any atom is -0.505 e. The van der Waals surface area contributed by atoms with Crippen molar-refractivity contribution in [3.63, 3.8) is 0 Å². The number of benzene rings is 2. The van der Waals surface area contributed by atoms with Crippen LogP contribution in [0.5, 0.6) is 11.5 Å². The van der Waals surface area contributed by atoms with Gasteiger partial charge >= 0.3 is 6.36 Å². The molecule has 0 fully saturated rings. The Balaban J connectivity index is 1.94. The van der Waals surface area contributed by atoms with Crippen LogP contribution in [0.4, 0.5) is 18.3 Å². The Bertz CT molecular complexity index is 1140. The standard InChI is InChI=1S/C14H7BrClF3N2O4S2/c15-6-3-8(16)12(22)11(4-6)27(23,24)21-13-20-9-2-1-7(5-10(9)26-13)25-14(17,18)19/h1-5,22H,(H,20,21). The average Bonchev–Trinajstić information content (AvgIpc) is 2.89. The van der Waals surface area contributed by atoms with Gasteiger partial charge in [0.15, 0.2) is 10.9 Å². The number of hydrogen-bond donors (Lipinski definition) is 2. The van der Waals surface area contributed by atoms with Crippen LogP contribution >= 0.6 is 38.9 Å². The van der Waals surface area contributed by atoms with E-state index < -0.39 is 32.8 Å². The number of alkyl halides is 3. The molecule has 2 aromatic carbocycles. The summed E-state index contributed by atoms with van der Waals surface area (Å²) >= 11 is 9.65. The Morgan fingerprint density at radius 2 is 1.96 bits per heavy atom. The van der Waals surface area contributed by atoms with Gasteiger partial charge in [-0.15, -0.1) is 13.2 Å². The lowest BCUT2D eigenvalue weighted by Gasteiger charge is -2.08. The summed E-state index contributed by atoms with van der Waals surface area (Å²) < 4.78 is 68.5. The van der Waals surface area contributed by atoms with Crippen molar-refractivity contribution in [3.05, 3.63) is 39.8 Å². The maximum Gasteiger partial charge on any atom is 0.573 e. The number of rotatable bonds is 4. The Hall–Kier alpha value is -1.76. The normalized spacial score (nSPS) is 12.3. The van der Waals surface area contributed by atoms with E-state index in [9.17, 15) is 26.7 Å². The molecule has 0 radical (unpaired) electrons. The number of aromatic nitrogens is 1. The number of halogens is 5. The number of ether oxygens (including phenoxy) is 1. The number of phenolic OH excluding ortho intramolecular Hbond substituents is 1. The van der Waals surface area contributed by atoms with Crippen LogP contribution < -0.4 is 9.46 Å². The van der Waals surface area contributed by atoms with Gasteiger partial charge in [-0.3, -0.25) is 4.72 Å². The molecule has 0 aliphatic heterocycles. The van der Waals surface area contributed by atoms with E-state index in [1.54, 1.807) is 0 Å². The summed E-state index contributed by atoms with van der Waals surface area (Å²) in [5.74, 6) is -1.10. The minimum atomic E-state index is -4.85. The topological polar surface area (TPSA) is 88.5 Å². The van der Waals surface area contributed by atoms with E-state index in [4.69, 9.17) is 11.6 Å². The summed E-state index contributed by atoms with van der Waals surface area (Å²) in [6, 6.07) is 5.87. The Morgan fingerprint density at radius 1 is 1.26 bits per heavy atom. The van der Waals surface area contributed by atoms with Gasteiger partial charge in [0.2, 0.25) is 0 Å². The quantitative estimate of drug-likeness (QED) is 0.516. The van der Waals surface area contributed by atoms with Crippen molar-refractivity contribution in [2.75, 3.05) is 4.72 Å². The van der Waals surface area contributed by atoms with Crippen LogP contribution in [0, 0.1) is 0 Å². The molecule has 0 amide bonds. The van der Waals surface area contributed by atoms with Gasteiger partial charge in [-0.25, -0.2) is 13.4 Å². The summed E-state index contributed by atoms with van der Waals surface area (Å²) in [6.45, 7) is 0. The average molecular weight is 504 g/mol. The molecule has 0 unspecified atom stereocenters. The molecule has 144 valence electrons. The third kappa shape index (κ3) is 4.57. The van der Waals surface area contributed by atoms with Crippen molar-refractivity contribution in [1.82, 2.24) is 4.98 Å². The molecule has 0 bridgehead atoms. The number of fused-ring (bicyclic) bond motifs is 1. The van der Waals surface area contributed by atoms with Gasteiger partial charge in [0.05, 0.1) is 15.2 Å². The molecule has 1 heterocycles. The highest BCUT2D eigenvalue weighted by Gasteiger charge is 2.31. The van der Waals surface area contributed by atoms with Gasteiger partial charge in [-0.05, 0) is 24.3 Å². The fraction of sp³-hybridized carbons (Fsp3) is 0.0714. The van der Waals surface area contributed by atoms with E-state index in [2.05, 4.69) is 30.4 Å². The van der Waals surface area contributed by atoms with Crippen LogP contribution in [-0.2, 0) is 10.0 Å². The predicted octanol–water partition coefficient (Wildman–Crippen LogP) is 5.12. The molecule has 2 N–H and O–H groups in total. The van der Waals surface area contributed by atoms with Gasteiger partial charge in [0, 0.05) is 10.5 Å². The highest BCUT2D eigenvalue weighted by molar-refractivity contribution is 9.10. The van der Waals surface area contributed by atoms with Crippen LogP contribution in [0.15, 0.2) is 39.7 Å². The molecule has 0 atom stereocenters. The van der Waals surface area contributed by atoms with Crippen molar-refractivity contribution in [3.8, 4) is 11.5 Å². The number of nitrogens with zero attached hydrogens (tertiary/aromatic N) is 1. The molecule has 3 aromatic rings. The summed E-state index contributed by atoms with van der Waals surface area (Å²) in [6.07, 6.45) is -4.85. The van der Waals surface area contributed by atoms with E-state index in [1.165, 1.54) is 12.1 Å². The summed E-state index contributed by atoms with van der Waals surface area (Å²) in [5, 5.41) is 9.62. The maximum absolute atomic E-state index is 12.5. The zero-order chi connectivity index (χ0) is 20.0. The lowest BCUT2D eigenvalue weighted by Crippen LogP contribution is -2.16. The molecular weight excluding hydrogens is 497 g/mol. The van der Waals surface area contributed by atoms with Crippen LogP contribution in [0.25, 0.3) is 10.2 Å². The minimum absolute atomic E-state index is 0.107. The molecule has 0 saturated carbocycles. The van der Waals surface area contributed by atoms with E-state index in [-0.39, 0.29) is 20.4 Å². The van der Waals surface area contributed by atoms with Crippen LogP contribution in [0.3, 0.4) is 0 Å². The first-order valence-electron chi connectivity index (χ1n) is 6.82. The summed E-state index contributed by atoms with van der Waals surface area (Å²) in [7, 11) is -4.25. The monoisotopic (exact) mass is 502 g/mol.